The highest BCUT2D eigenvalue weighted by molar-refractivity contribution is 8.26. The lowest BCUT2D eigenvalue weighted by Crippen LogP contribution is -2.40. The fraction of sp³-hybridized carbons (Fsp3) is 0.588. The first-order valence-electron chi connectivity index (χ1n) is 7.75. The van der Waals surface area contributed by atoms with Gasteiger partial charge in [-0.15, -0.1) is 11.8 Å². The van der Waals surface area contributed by atoms with Crippen LogP contribution in [0.4, 0.5) is 0 Å². The van der Waals surface area contributed by atoms with Crippen LogP contribution in [0.5, 0.6) is 0 Å². The predicted molar refractivity (Wildman–Crippen MR) is 92.1 cm³/mol. The third-order valence-electron chi connectivity index (χ3n) is 4.61. The molecule has 1 spiro atoms. The number of nitrogens with zero attached hydrogens (tertiary/aromatic N) is 1. The van der Waals surface area contributed by atoms with Crippen molar-refractivity contribution in [2.75, 3.05) is 0 Å². The van der Waals surface area contributed by atoms with Gasteiger partial charge in [-0.2, -0.15) is 0 Å². The van der Waals surface area contributed by atoms with Crippen molar-refractivity contribution in [1.29, 1.82) is 0 Å². The Morgan fingerprint density at radius 1 is 1.24 bits per heavy atom. The van der Waals surface area contributed by atoms with E-state index < -0.39 is 0 Å². The molecule has 1 aliphatic carbocycles. The maximum absolute atomic E-state index is 6.53. The number of benzene rings is 1. The summed E-state index contributed by atoms with van der Waals surface area (Å²) in [6, 6.07) is 10.6. The molecule has 4 rings (SSSR count). The van der Waals surface area contributed by atoms with E-state index in [-0.39, 0.29) is 9.80 Å². The van der Waals surface area contributed by atoms with Crippen LogP contribution in [0.2, 0.25) is 0 Å². The molecule has 2 aliphatic heterocycles. The van der Waals surface area contributed by atoms with Crippen molar-refractivity contribution < 1.29 is 4.74 Å². The van der Waals surface area contributed by atoms with E-state index in [1.165, 1.54) is 29.9 Å². The van der Waals surface area contributed by atoms with Crippen LogP contribution in [0.1, 0.15) is 38.7 Å². The molecular formula is C17H21NOS2. The highest BCUT2D eigenvalue weighted by Gasteiger charge is 2.61. The molecule has 2 heterocycles. The monoisotopic (exact) mass is 319 g/mol. The second-order valence-corrected chi connectivity index (χ2v) is 9.55. The summed E-state index contributed by atoms with van der Waals surface area (Å²) in [6.07, 6.45) is 5.23. The number of aliphatic imine (C=N–C) groups is 1. The second-order valence-electron chi connectivity index (χ2n) is 6.63. The van der Waals surface area contributed by atoms with Crippen molar-refractivity contribution in [1.82, 2.24) is 0 Å². The van der Waals surface area contributed by atoms with Gasteiger partial charge in [0.1, 0.15) is 5.54 Å². The minimum atomic E-state index is -0.188. The summed E-state index contributed by atoms with van der Waals surface area (Å²) in [4.78, 5) is 5.01. The minimum Gasteiger partial charge on any atom is -0.348 e. The lowest BCUT2D eigenvalue weighted by molar-refractivity contribution is 0.0123. The molecule has 112 valence electrons. The van der Waals surface area contributed by atoms with Crippen LogP contribution < -0.4 is 0 Å². The van der Waals surface area contributed by atoms with E-state index in [0.717, 1.165) is 6.42 Å². The summed E-state index contributed by atoms with van der Waals surface area (Å²) < 4.78 is 6.34. The van der Waals surface area contributed by atoms with Crippen LogP contribution in [-0.4, -0.2) is 26.2 Å². The molecule has 0 N–H and O–H groups in total. The van der Waals surface area contributed by atoms with Crippen molar-refractivity contribution in [2.45, 2.75) is 60.7 Å². The van der Waals surface area contributed by atoms with Gasteiger partial charge in [-0.05, 0) is 38.7 Å². The van der Waals surface area contributed by atoms with E-state index in [0.29, 0.717) is 11.4 Å². The molecule has 0 bridgehead atoms. The van der Waals surface area contributed by atoms with Crippen LogP contribution in [0.15, 0.2) is 35.3 Å². The number of ether oxygens (including phenoxy) is 1. The van der Waals surface area contributed by atoms with Crippen molar-refractivity contribution in [3.8, 4) is 0 Å². The highest BCUT2D eigenvalue weighted by Crippen LogP contribution is 2.62. The second kappa shape index (κ2) is 5.04. The largest absolute Gasteiger partial charge is 0.348 e. The number of hydrogen-bond acceptors (Lipinski definition) is 4. The van der Waals surface area contributed by atoms with Crippen molar-refractivity contribution in [3.05, 3.63) is 35.9 Å². The van der Waals surface area contributed by atoms with Crippen LogP contribution >= 0.6 is 23.5 Å². The summed E-state index contributed by atoms with van der Waals surface area (Å²) in [6.45, 7) is 4.46. The molecule has 1 aromatic carbocycles. The Bertz CT molecular complexity index is 557. The summed E-state index contributed by atoms with van der Waals surface area (Å²) in [5, 5.41) is 1.90. The van der Waals surface area contributed by atoms with E-state index in [2.05, 4.69) is 44.2 Å². The normalized spacial score (nSPS) is 37.0. The van der Waals surface area contributed by atoms with Gasteiger partial charge in [-0.25, -0.2) is 0 Å². The molecule has 0 amide bonds. The molecule has 3 atom stereocenters. The zero-order valence-corrected chi connectivity index (χ0v) is 14.2. The van der Waals surface area contributed by atoms with Gasteiger partial charge in [0.25, 0.3) is 0 Å². The Morgan fingerprint density at radius 3 is 2.81 bits per heavy atom. The topological polar surface area (TPSA) is 21.6 Å². The Balaban J connectivity index is 1.55. The fourth-order valence-corrected chi connectivity index (χ4v) is 7.14. The highest BCUT2D eigenvalue weighted by atomic mass is 32.2. The zero-order valence-electron chi connectivity index (χ0n) is 12.5. The molecule has 0 unspecified atom stereocenters. The van der Waals surface area contributed by atoms with Crippen molar-refractivity contribution in [3.63, 3.8) is 0 Å². The number of rotatable bonds is 2. The molecule has 21 heavy (non-hydrogen) atoms. The summed E-state index contributed by atoms with van der Waals surface area (Å²) in [7, 11) is 0. The maximum Gasteiger partial charge on any atom is 0.191 e. The number of thioether (sulfide) groups is 2. The van der Waals surface area contributed by atoms with E-state index in [9.17, 15) is 0 Å². The summed E-state index contributed by atoms with van der Waals surface area (Å²) in [5.74, 6) is 0. The molecule has 3 aliphatic rings. The molecule has 2 nitrogen and oxygen atoms in total. The van der Waals surface area contributed by atoms with Gasteiger partial charge in [-0.3, -0.25) is 4.99 Å². The van der Waals surface area contributed by atoms with Gasteiger partial charge in [0, 0.05) is 11.7 Å². The maximum atomic E-state index is 6.53. The average Bonchev–Trinajstić information content (AvgIpc) is 3.04. The molecule has 0 radical (unpaired) electrons. The molecule has 1 saturated heterocycles. The van der Waals surface area contributed by atoms with E-state index in [1.807, 2.05) is 23.5 Å². The van der Waals surface area contributed by atoms with Crippen molar-refractivity contribution >= 4 is 28.6 Å². The lowest BCUT2D eigenvalue weighted by atomic mass is 10.1. The van der Waals surface area contributed by atoms with Crippen LogP contribution in [0, 0.1) is 0 Å². The third kappa shape index (κ3) is 2.36. The van der Waals surface area contributed by atoms with Crippen LogP contribution in [0.3, 0.4) is 0 Å². The Kier molecular flexibility index (Phi) is 3.40. The van der Waals surface area contributed by atoms with Crippen molar-refractivity contribution in [2.24, 2.45) is 4.99 Å². The number of hydrogen-bond donors (Lipinski definition) is 0. The summed E-state index contributed by atoms with van der Waals surface area (Å²) >= 11 is 3.91. The van der Waals surface area contributed by atoms with E-state index in [4.69, 9.17) is 9.73 Å². The molecule has 0 aromatic heterocycles. The standard InChI is InChI=1S/C17H21NOS2/c1-16(2)17(19-13-9-6-10-14(13)20-17)21-15(18-16)11-12-7-4-3-5-8-12/h3-5,7-8,13-14H,6,9-11H2,1-2H3/t13-,14-,17-/m0/s1. The quantitative estimate of drug-likeness (QED) is 0.801. The third-order valence-corrected chi connectivity index (χ3v) is 8.23. The number of fused-ring (bicyclic) bond motifs is 1. The SMILES string of the molecule is CC1(C)N=C(Cc2ccccc2)S[C@]12O[C@H]1CCC[C@@H]1S2. The smallest absolute Gasteiger partial charge is 0.191 e. The first-order valence-corrected chi connectivity index (χ1v) is 9.45. The predicted octanol–water partition coefficient (Wildman–Crippen LogP) is 4.49. The van der Waals surface area contributed by atoms with Gasteiger partial charge < -0.3 is 4.74 Å². The van der Waals surface area contributed by atoms with Gasteiger partial charge in [0.05, 0.1) is 11.1 Å². The molecule has 2 fully saturated rings. The molecule has 1 saturated carbocycles. The van der Waals surface area contributed by atoms with Gasteiger partial charge in [0.15, 0.2) is 4.27 Å². The molecular weight excluding hydrogens is 298 g/mol. The fourth-order valence-electron chi connectivity index (χ4n) is 3.45. The first kappa shape index (κ1) is 14.2. The van der Waals surface area contributed by atoms with E-state index >= 15 is 0 Å². The van der Waals surface area contributed by atoms with Crippen LogP contribution in [-0.2, 0) is 11.2 Å². The minimum absolute atomic E-state index is 0.142. The zero-order chi connectivity index (χ0) is 14.5. The van der Waals surface area contributed by atoms with Gasteiger partial charge in [0.2, 0.25) is 0 Å². The van der Waals surface area contributed by atoms with Gasteiger partial charge >= 0.3 is 0 Å². The summed E-state index contributed by atoms with van der Waals surface area (Å²) in [5.41, 5.74) is 1.19. The Labute approximate surface area is 135 Å². The van der Waals surface area contributed by atoms with E-state index in [1.54, 1.807) is 0 Å². The van der Waals surface area contributed by atoms with Crippen LogP contribution in [0.25, 0.3) is 0 Å². The average molecular weight is 319 g/mol. The van der Waals surface area contributed by atoms with Gasteiger partial charge in [-0.1, -0.05) is 42.1 Å². The Morgan fingerprint density at radius 2 is 2.05 bits per heavy atom. The Hall–Kier alpha value is -0.450. The molecule has 4 heteroatoms. The lowest BCUT2D eigenvalue weighted by Gasteiger charge is -2.34. The molecule has 1 aromatic rings. The first-order chi connectivity index (χ1) is 10.1.